The molecule has 0 bridgehead atoms. The number of nitrogens with one attached hydrogen (secondary N) is 1. The zero-order chi connectivity index (χ0) is 15.2. The largest absolute Gasteiger partial charge is 0.496 e. The van der Waals surface area contributed by atoms with Gasteiger partial charge in [0.15, 0.2) is 0 Å². The van der Waals surface area contributed by atoms with Gasteiger partial charge in [0.2, 0.25) is 0 Å². The van der Waals surface area contributed by atoms with E-state index in [-0.39, 0.29) is 6.04 Å². The number of benzene rings is 1. The fraction of sp³-hybridized carbons (Fsp3) is 0.375. The lowest BCUT2D eigenvalue weighted by Crippen LogP contribution is -2.23. The molecule has 0 aliphatic heterocycles. The molecule has 2 aromatic rings. The van der Waals surface area contributed by atoms with Gasteiger partial charge in [0, 0.05) is 6.04 Å². The number of halogens is 2. The lowest BCUT2D eigenvalue weighted by atomic mass is 10.0. The van der Waals surface area contributed by atoms with Crippen molar-refractivity contribution in [3.63, 3.8) is 0 Å². The summed E-state index contributed by atoms with van der Waals surface area (Å²) in [4.78, 5) is 1.20. The van der Waals surface area contributed by atoms with Crippen molar-refractivity contribution >= 4 is 34.5 Å². The van der Waals surface area contributed by atoms with E-state index in [2.05, 4.69) is 12.2 Å². The van der Waals surface area contributed by atoms with Crippen molar-refractivity contribution in [2.24, 2.45) is 0 Å². The van der Waals surface area contributed by atoms with Gasteiger partial charge in [-0.3, -0.25) is 0 Å². The van der Waals surface area contributed by atoms with E-state index in [0.29, 0.717) is 10.0 Å². The van der Waals surface area contributed by atoms with Gasteiger partial charge in [-0.25, -0.2) is 0 Å². The van der Waals surface area contributed by atoms with Crippen molar-refractivity contribution in [1.82, 2.24) is 5.32 Å². The van der Waals surface area contributed by atoms with E-state index in [1.165, 1.54) is 4.88 Å². The molecule has 0 saturated heterocycles. The average Bonchev–Trinajstić information content (AvgIpc) is 2.96. The Morgan fingerprint density at radius 3 is 2.81 bits per heavy atom. The Balaban J connectivity index is 2.26. The first-order chi connectivity index (χ1) is 10.2. The number of hydrogen-bond donors (Lipinski definition) is 1. The summed E-state index contributed by atoms with van der Waals surface area (Å²) in [5.41, 5.74) is 1.05. The van der Waals surface area contributed by atoms with E-state index in [1.54, 1.807) is 18.4 Å². The second-order valence-corrected chi connectivity index (χ2v) is 6.51. The third-order valence-corrected chi connectivity index (χ3v) is 5.16. The van der Waals surface area contributed by atoms with Gasteiger partial charge in [-0.05, 0) is 42.5 Å². The summed E-state index contributed by atoms with van der Waals surface area (Å²) in [7, 11) is 1.70. The van der Waals surface area contributed by atoms with E-state index < -0.39 is 0 Å². The predicted octanol–water partition coefficient (Wildman–Crippen LogP) is 5.35. The minimum absolute atomic E-state index is 0.177. The molecular formula is C16H19Cl2NOS. The van der Waals surface area contributed by atoms with E-state index in [4.69, 9.17) is 27.9 Å². The summed E-state index contributed by atoms with van der Waals surface area (Å²) in [5.74, 6) is 0.923. The molecule has 0 radical (unpaired) electrons. The Kier molecular flexibility index (Phi) is 6.37. The molecule has 21 heavy (non-hydrogen) atoms. The normalized spacial score (nSPS) is 12.4. The van der Waals surface area contributed by atoms with Crippen molar-refractivity contribution in [2.75, 3.05) is 13.7 Å². The molecule has 114 valence electrons. The highest BCUT2D eigenvalue weighted by molar-refractivity contribution is 7.10. The summed E-state index contributed by atoms with van der Waals surface area (Å²) in [6, 6.07) is 7.95. The lowest BCUT2D eigenvalue weighted by Gasteiger charge is -2.19. The quantitative estimate of drug-likeness (QED) is 0.731. The number of methoxy groups -OCH3 is 1. The number of thiophene rings is 1. The zero-order valence-corrected chi connectivity index (χ0v) is 14.5. The second kappa shape index (κ2) is 8.04. The van der Waals surface area contributed by atoms with Gasteiger partial charge in [0.25, 0.3) is 0 Å². The van der Waals surface area contributed by atoms with E-state index in [1.807, 2.05) is 29.6 Å². The lowest BCUT2D eigenvalue weighted by molar-refractivity contribution is 0.402. The van der Waals surface area contributed by atoms with Crippen molar-refractivity contribution in [3.8, 4) is 5.75 Å². The third-order valence-electron chi connectivity index (χ3n) is 3.29. The first kappa shape index (κ1) is 16.6. The second-order valence-electron chi connectivity index (χ2n) is 4.78. The summed E-state index contributed by atoms with van der Waals surface area (Å²) >= 11 is 14.1. The molecule has 2 rings (SSSR count). The highest BCUT2D eigenvalue weighted by atomic mass is 35.5. The maximum atomic E-state index is 6.32. The molecule has 0 fully saturated rings. The molecule has 0 amide bonds. The Bertz CT molecular complexity index is 585. The predicted molar refractivity (Wildman–Crippen MR) is 92.1 cm³/mol. The molecule has 1 heterocycles. The smallest absolute Gasteiger partial charge is 0.134 e. The van der Waals surface area contributed by atoms with Gasteiger partial charge in [-0.2, -0.15) is 0 Å². The number of hydrogen-bond acceptors (Lipinski definition) is 3. The molecule has 1 aromatic heterocycles. The van der Waals surface area contributed by atoms with E-state index >= 15 is 0 Å². The molecule has 0 aliphatic carbocycles. The van der Waals surface area contributed by atoms with Crippen LogP contribution in [0, 0.1) is 0 Å². The van der Waals surface area contributed by atoms with Gasteiger partial charge in [-0.1, -0.05) is 42.3 Å². The zero-order valence-electron chi connectivity index (χ0n) is 12.2. The summed E-state index contributed by atoms with van der Waals surface area (Å²) in [6.07, 6.45) is 1.86. The molecule has 1 N–H and O–H groups in total. The van der Waals surface area contributed by atoms with Crippen LogP contribution in [-0.4, -0.2) is 13.7 Å². The molecule has 0 aliphatic rings. The van der Waals surface area contributed by atoms with Gasteiger partial charge >= 0.3 is 0 Å². The van der Waals surface area contributed by atoms with Crippen LogP contribution in [0.2, 0.25) is 10.0 Å². The Labute approximate surface area is 140 Å². The monoisotopic (exact) mass is 343 g/mol. The highest BCUT2D eigenvalue weighted by Gasteiger charge is 2.19. The Morgan fingerprint density at radius 2 is 2.10 bits per heavy atom. The fourth-order valence-corrected chi connectivity index (χ4v) is 3.57. The standard InChI is InChI=1S/C16H19Cl2NOS/c1-3-8-19-13(16-14(20-2)7-9-21-16)10-11-5-4-6-12(17)15(11)18/h4-7,9,13,19H,3,8,10H2,1-2H3. The van der Waals surface area contributed by atoms with Crippen LogP contribution in [0.25, 0.3) is 0 Å². The van der Waals surface area contributed by atoms with Gasteiger partial charge in [0.05, 0.1) is 22.0 Å². The molecule has 0 spiro atoms. The van der Waals surface area contributed by atoms with Crippen LogP contribution in [0.1, 0.15) is 29.8 Å². The summed E-state index contributed by atoms with van der Waals surface area (Å²) < 4.78 is 5.45. The van der Waals surface area contributed by atoms with Crippen molar-refractivity contribution in [1.29, 1.82) is 0 Å². The van der Waals surface area contributed by atoms with Crippen molar-refractivity contribution in [2.45, 2.75) is 25.8 Å². The van der Waals surface area contributed by atoms with Crippen LogP contribution in [0.5, 0.6) is 5.75 Å². The maximum absolute atomic E-state index is 6.32. The fourth-order valence-electron chi connectivity index (χ4n) is 2.23. The molecule has 1 aromatic carbocycles. The van der Waals surface area contributed by atoms with Crippen LogP contribution in [-0.2, 0) is 6.42 Å². The molecular weight excluding hydrogens is 325 g/mol. The first-order valence-electron chi connectivity index (χ1n) is 6.95. The topological polar surface area (TPSA) is 21.3 Å². The van der Waals surface area contributed by atoms with Crippen molar-refractivity contribution < 1.29 is 4.74 Å². The number of ether oxygens (including phenoxy) is 1. The maximum Gasteiger partial charge on any atom is 0.134 e. The first-order valence-corrected chi connectivity index (χ1v) is 8.58. The van der Waals surface area contributed by atoms with Crippen LogP contribution in [0.15, 0.2) is 29.6 Å². The minimum atomic E-state index is 0.177. The Morgan fingerprint density at radius 1 is 1.29 bits per heavy atom. The van der Waals surface area contributed by atoms with Crippen LogP contribution in [0.3, 0.4) is 0 Å². The molecule has 5 heteroatoms. The van der Waals surface area contributed by atoms with Gasteiger partial charge in [0.1, 0.15) is 5.75 Å². The highest BCUT2D eigenvalue weighted by Crippen LogP contribution is 2.35. The van der Waals surface area contributed by atoms with E-state index in [9.17, 15) is 0 Å². The molecule has 0 saturated carbocycles. The average molecular weight is 344 g/mol. The summed E-state index contributed by atoms with van der Waals surface area (Å²) in [6.45, 7) is 3.10. The van der Waals surface area contributed by atoms with Crippen molar-refractivity contribution in [3.05, 3.63) is 50.1 Å². The van der Waals surface area contributed by atoms with Crippen LogP contribution < -0.4 is 10.1 Å². The molecule has 1 unspecified atom stereocenters. The van der Waals surface area contributed by atoms with Gasteiger partial charge in [-0.15, -0.1) is 11.3 Å². The summed E-state index contributed by atoms with van der Waals surface area (Å²) in [5, 5.41) is 6.86. The third kappa shape index (κ3) is 4.13. The molecule has 2 nitrogen and oxygen atoms in total. The Hall–Kier alpha value is -0.740. The van der Waals surface area contributed by atoms with Gasteiger partial charge < -0.3 is 10.1 Å². The van der Waals surface area contributed by atoms with E-state index in [0.717, 1.165) is 30.7 Å². The number of rotatable bonds is 7. The van der Waals surface area contributed by atoms with Crippen LogP contribution >= 0.6 is 34.5 Å². The SMILES string of the molecule is CCCNC(Cc1cccc(Cl)c1Cl)c1sccc1OC. The molecule has 1 atom stereocenters. The minimum Gasteiger partial charge on any atom is -0.496 e. The van der Waals surface area contributed by atoms with Crippen LogP contribution in [0.4, 0.5) is 0 Å².